The van der Waals surface area contributed by atoms with Crippen molar-refractivity contribution in [2.75, 3.05) is 6.54 Å². The predicted octanol–water partition coefficient (Wildman–Crippen LogP) is 4.75. The summed E-state index contributed by atoms with van der Waals surface area (Å²) in [5.74, 6) is -0.158. The summed E-state index contributed by atoms with van der Waals surface area (Å²) in [5.41, 5.74) is 4.95. The number of para-hydroxylation sites is 1. The molecule has 2 aromatic heterocycles. The Kier molecular flexibility index (Phi) is 5.85. The van der Waals surface area contributed by atoms with Gasteiger partial charge in [-0.1, -0.05) is 69.3 Å². The van der Waals surface area contributed by atoms with Crippen LogP contribution in [0.25, 0.3) is 10.9 Å². The molecule has 5 nitrogen and oxygen atoms in total. The fraction of sp³-hybridized carbons (Fsp3) is 0.269. The van der Waals surface area contributed by atoms with Gasteiger partial charge in [0.15, 0.2) is 5.69 Å². The van der Waals surface area contributed by atoms with Crippen molar-refractivity contribution in [3.63, 3.8) is 0 Å². The third-order valence-corrected chi connectivity index (χ3v) is 5.42. The monoisotopic (exact) mass is 412 g/mol. The van der Waals surface area contributed by atoms with E-state index in [0.717, 1.165) is 22.2 Å². The maximum atomic E-state index is 12.9. The third kappa shape index (κ3) is 4.82. The van der Waals surface area contributed by atoms with Crippen LogP contribution in [-0.2, 0) is 18.4 Å². The number of hydrogen-bond acceptors (Lipinski definition) is 3. The largest absolute Gasteiger partial charge is 0.350 e. The molecule has 0 saturated heterocycles. The summed E-state index contributed by atoms with van der Waals surface area (Å²) in [6.07, 6.45) is 2.45. The predicted molar refractivity (Wildman–Crippen MR) is 124 cm³/mol. The lowest BCUT2D eigenvalue weighted by Gasteiger charge is -2.19. The van der Waals surface area contributed by atoms with E-state index in [1.165, 1.54) is 5.56 Å². The van der Waals surface area contributed by atoms with E-state index in [4.69, 9.17) is 0 Å². The van der Waals surface area contributed by atoms with Gasteiger partial charge in [0, 0.05) is 30.2 Å². The van der Waals surface area contributed by atoms with Crippen molar-refractivity contribution in [1.29, 1.82) is 0 Å². The van der Waals surface area contributed by atoms with Gasteiger partial charge in [-0.3, -0.25) is 14.5 Å². The minimum atomic E-state index is -0.158. The Morgan fingerprint density at radius 1 is 0.968 bits per heavy atom. The van der Waals surface area contributed by atoms with Gasteiger partial charge < -0.3 is 5.32 Å². The quantitative estimate of drug-likeness (QED) is 0.497. The summed E-state index contributed by atoms with van der Waals surface area (Å²) in [6.45, 7) is 7.77. The lowest BCUT2D eigenvalue weighted by molar-refractivity contribution is 0.0950. The first-order chi connectivity index (χ1) is 14.9. The van der Waals surface area contributed by atoms with Crippen LogP contribution in [0.2, 0.25) is 0 Å². The molecule has 0 aliphatic heterocycles. The van der Waals surface area contributed by atoms with Gasteiger partial charge in [-0.2, -0.15) is 5.10 Å². The van der Waals surface area contributed by atoms with Gasteiger partial charge in [0.25, 0.3) is 5.91 Å². The summed E-state index contributed by atoms with van der Waals surface area (Å²) in [4.78, 5) is 17.2. The molecule has 0 atom stereocenters. The molecule has 158 valence electrons. The lowest BCUT2D eigenvalue weighted by Crippen LogP contribution is -2.26. The number of amides is 1. The van der Waals surface area contributed by atoms with Crippen LogP contribution >= 0.6 is 0 Å². The van der Waals surface area contributed by atoms with E-state index in [0.29, 0.717) is 25.2 Å². The molecule has 4 aromatic rings. The van der Waals surface area contributed by atoms with E-state index in [1.807, 2.05) is 47.1 Å². The fourth-order valence-corrected chi connectivity index (χ4v) is 3.63. The first-order valence-corrected chi connectivity index (χ1v) is 10.6. The summed E-state index contributed by atoms with van der Waals surface area (Å²) in [6, 6.07) is 22.3. The number of pyridine rings is 1. The molecular weight excluding hydrogens is 384 g/mol. The van der Waals surface area contributed by atoms with Gasteiger partial charge in [-0.25, -0.2) is 0 Å². The topological polar surface area (TPSA) is 59.8 Å². The number of carbonyl (C=O) groups excluding carboxylic acids is 1. The van der Waals surface area contributed by atoms with Crippen molar-refractivity contribution >= 4 is 16.8 Å². The zero-order chi connectivity index (χ0) is 21.8. The second kappa shape index (κ2) is 8.72. The van der Waals surface area contributed by atoms with E-state index in [1.54, 1.807) is 6.20 Å². The summed E-state index contributed by atoms with van der Waals surface area (Å²) in [7, 11) is 0. The van der Waals surface area contributed by atoms with E-state index in [-0.39, 0.29) is 11.3 Å². The molecular formula is C26H28N4O. The average molecular weight is 413 g/mol. The van der Waals surface area contributed by atoms with Crippen LogP contribution in [0.3, 0.4) is 0 Å². The Morgan fingerprint density at radius 3 is 2.42 bits per heavy atom. The Hall–Kier alpha value is -3.47. The highest BCUT2D eigenvalue weighted by Gasteiger charge is 2.17. The van der Waals surface area contributed by atoms with E-state index >= 15 is 0 Å². The van der Waals surface area contributed by atoms with E-state index in [9.17, 15) is 4.79 Å². The molecule has 0 fully saturated rings. The molecule has 0 bridgehead atoms. The number of fused-ring (bicyclic) bond motifs is 1. The highest BCUT2D eigenvalue weighted by molar-refractivity contribution is 6.04. The molecule has 1 N–H and O–H groups in total. The number of nitrogens with zero attached hydrogens (tertiary/aromatic N) is 3. The molecule has 0 aliphatic rings. The molecule has 4 rings (SSSR count). The van der Waals surface area contributed by atoms with Crippen LogP contribution in [-0.4, -0.2) is 27.2 Å². The van der Waals surface area contributed by atoms with Crippen LogP contribution in [0.4, 0.5) is 0 Å². The molecule has 0 radical (unpaired) electrons. The molecule has 0 unspecified atom stereocenters. The summed E-state index contributed by atoms with van der Waals surface area (Å²) in [5, 5.41) is 8.52. The first kappa shape index (κ1) is 20.8. The highest BCUT2D eigenvalue weighted by Crippen LogP contribution is 2.23. The van der Waals surface area contributed by atoms with Crippen LogP contribution in [0.5, 0.6) is 0 Å². The minimum Gasteiger partial charge on any atom is -0.350 e. The molecule has 0 spiro atoms. The van der Waals surface area contributed by atoms with Gasteiger partial charge in [0.05, 0.1) is 12.1 Å². The van der Waals surface area contributed by atoms with E-state index in [2.05, 4.69) is 60.4 Å². The van der Waals surface area contributed by atoms with E-state index < -0.39 is 0 Å². The molecule has 0 aliphatic carbocycles. The van der Waals surface area contributed by atoms with Gasteiger partial charge in [-0.05, 0) is 34.7 Å². The van der Waals surface area contributed by atoms with Gasteiger partial charge >= 0.3 is 0 Å². The number of hydrogen-bond donors (Lipinski definition) is 1. The molecule has 2 heterocycles. The van der Waals surface area contributed by atoms with Crippen molar-refractivity contribution in [3.8, 4) is 0 Å². The van der Waals surface area contributed by atoms with Crippen LogP contribution in [0, 0.1) is 0 Å². The third-order valence-electron chi connectivity index (χ3n) is 5.42. The second-order valence-corrected chi connectivity index (χ2v) is 8.80. The number of aromatic nitrogens is 3. The molecule has 0 saturated carbocycles. The van der Waals surface area contributed by atoms with Crippen molar-refractivity contribution in [3.05, 3.63) is 95.4 Å². The van der Waals surface area contributed by atoms with Crippen LogP contribution in [0.15, 0.2) is 72.9 Å². The normalized spacial score (nSPS) is 11.6. The van der Waals surface area contributed by atoms with Crippen molar-refractivity contribution < 1.29 is 4.79 Å². The Bertz CT molecular complexity index is 1170. The van der Waals surface area contributed by atoms with Gasteiger partial charge in [-0.15, -0.1) is 0 Å². The first-order valence-electron chi connectivity index (χ1n) is 10.6. The average Bonchev–Trinajstić information content (AvgIpc) is 3.13. The number of carbonyl (C=O) groups is 1. The maximum Gasteiger partial charge on any atom is 0.272 e. The highest BCUT2D eigenvalue weighted by atomic mass is 16.1. The zero-order valence-corrected chi connectivity index (χ0v) is 18.3. The SMILES string of the molecule is CC(C)(C)c1ccc(Cn2nc(C(=O)NCCc3ccccn3)c3ccccc32)cc1. The Morgan fingerprint density at radius 2 is 1.71 bits per heavy atom. The Balaban J connectivity index is 1.52. The molecule has 31 heavy (non-hydrogen) atoms. The molecule has 5 heteroatoms. The molecule has 1 amide bonds. The number of rotatable bonds is 6. The fourth-order valence-electron chi connectivity index (χ4n) is 3.63. The second-order valence-electron chi connectivity index (χ2n) is 8.80. The van der Waals surface area contributed by atoms with Crippen molar-refractivity contribution in [2.45, 2.75) is 39.2 Å². The number of nitrogens with one attached hydrogen (secondary N) is 1. The standard InChI is InChI=1S/C26H28N4O/c1-26(2,3)20-13-11-19(12-14-20)18-30-23-10-5-4-9-22(23)24(29-30)25(31)28-17-15-21-8-6-7-16-27-21/h4-14,16H,15,17-18H2,1-3H3,(H,28,31). The molecule has 2 aromatic carbocycles. The maximum absolute atomic E-state index is 12.9. The summed E-state index contributed by atoms with van der Waals surface area (Å²) < 4.78 is 1.91. The lowest BCUT2D eigenvalue weighted by atomic mass is 9.87. The number of benzene rings is 2. The van der Waals surface area contributed by atoms with Crippen LogP contribution in [0.1, 0.15) is 48.1 Å². The van der Waals surface area contributed by atoms with Crippen LogP contribution < -0.4 is 5.32 Å². The Labute approximate surface area is 183 Å². The van der Waals surface area contributed by atoms with Crippen molar-refractivity contribution in [1.82, 2.24) is 20.1 Å². The summed E-state index contributed by atoms with van der Waals surface area (Å²) >= 11 is 0. The zero-order valence-electron chi connectivity index (χ0n) is 18.3. The minimum absolute atomic E-state index is 0.122. The van der Waals surface area contributed by atoms with Gasteiger partial charge in [0.2, 0.25) is 0 Å². The van der Waals surface area contributed by atoms with Crippen molar-refractivity contribution in [2.24, 2.45) is 0 Å². The smallest absolute Gasteiger partial charge is 0.272 e. The van der Waals surface area contributed by atoms with Gasteiger partial charge in [0.1, 0.15) is 0 Å².